The van der Waals surface area contributed by atoms with Crippen molar-refractivity contribution in [1.29, 1.82) is 0 Å². The fourth-order valence-corrected chi connectivity index (χ4v) is 6.24. The number of ether oxygens (including phenoxy) is 1. The maximum absolute atomic E-state index is 11.1. The normalized spacial score (nSPS) is 17.9. The smallest absolute Gasteiger partial charge is 0.229 e. The lowest BCUT2D eigenvalue weighted by molar-refractivity contribution is -0.137. The first-order chi connectivity index (χ1) is 19.4. The van der Waals surface area contributed by atoms with E-state index in [1.807, 2.05) is 18.2 Å². The van der Waals surface area contributed by atoms with Gasteiger partial charge in [0.25, 0.3) is 0 Å². The molecule has 41 heavy (non-hydrogen) atoms. The number of rotatable bonds is 10. The molecule has 1 unspecified atom stereocenters. The molecule has 0 N–H and O–H groups in total. The van der Waals surface area contributed by atoms with E-state index >= 15 is 0 Å². The zero-order valence-corrected chi connectivity index (χ0v) is 24.9. The standard InChI is InChI=1S/C26H33N3O.C8H14O2.CH4/c1-20(2)24(22-11-7-4-8-12-22)15-18-29-16-13-23(14-17-29)26-27-25(28-30-26)19-21-9-5-3-6-10-21;1-7(9)8(10-2)5-3-4-6-8;/h3-12,20,23-24H,13-19H2,1-2H3;3-6H2,1-2H3;1H4. The Balaban J connectivity index is 0.000000357. The molecule has 6 heteroatoms. The number of Topliss-reactive ketones (excluding diaryl/α,β-unsaturated/α-hetero) is 1. The number of hydrogen-bond acceptors (Lipinski definition) is 6. The van der Waals surface area contributed by atoms with Gasteiger partial charge in [0.2, 0.25) is 5.89 Å². The molecule has 1 saturated heterocycles. The highest BCUT2D eigenvalue weighted by Gasteiger charge is 2.38. The quantitative estimate of drug-likeness (QED) is 0.251. The van der Waals surface area contributed by atoms with E-state index < -0.39 is 5.60 Å². The molecule has 5 rings (SSSR count). The number of nitrogens with zero attached hydrogens (tertiary/aromatic N) is 3. The summed E-state index contributed by atoms with van der Waals surface area (Å²) < 4.78 is 10.8. The van der Waals surface area contributed by atoms with Gasteiger partial charge >= 0.3 is 0 Å². The molecule has 1 aliphatic heterocycles. The molecule has 6 nitrogen and oxygen atoms in total. The highest BCUT2D eigenvalue weighted by atomic mass is 16.5. The van der Waals surface area contributed by atoms with Gasteiger partial charge in [-0.3, -0.25) is 4.79 Å². The second kappa shape index (κ2) is 16.0. The highest BCUT2D eigenvalue weighted by Crippen LogP contribution is 2.33. The van der Waals surface area contributed by atoms with Crippen LogP contribution in [0, 0.1) is 5.92 Å². The van der Waals surface area contributed by atoms with Crippen LogP contribution in [0.5, 0.6) is 0 Å². The Labute approximate surface area is 247 Å². The molecule has 224 valence electrons. The second-order valence-electron chi connectivity index (χ2n) is 11.8. The van der Waals surface area contributed by atoms with Crippen LogP contribution in [0.4, 0.5) is 0 Å². The summed E-state index contributed by atoms with van der Waals surface area (Å²) in [6, 6.07) is 21.3. The molecular formula is C35H51N3O3. The van der Waals surface area contributed by atoms with E-state index in [4.69, 9.17) is 14.2 Å². The summed E-state index contributed by atoms with van der Waals surface area (Å²) in [5.74, 6) is 3.48. The van der Waals surface area contributed by atoms with Gasteiger partial charge in [0, 0.05) is 19.4 Å². The van der Waals surface area contributed by atoms with Crippen molar-refractivity contribution in [3.05, 3.63) is 83.5 Å². The number of methoxy groups -OCH3 is 1. The maximum atomic E-state index is 11.1. The predicted molar refractivity (Wildman–Crippen MR) is 166 cm³/mol. The van der Waals surface area contributed by atoms with E-state index in [1.54, 1.807) is 14.0 Å². The lowest BCUT2D eigenvalue weighted by Crippen LogP contribution is -2.35. The summed E-state index contributed by atoms with van der Waals surface area (Å²) in [7, 11) is 1.63. The number of hydrogen-bond donors (Lipinski definition) is 0. The minimum absolute atomic E-state index is 0. The predicted octanol–water partition coefficient (Wildman–Crippen LogP) is 7.84. The molecular weight excluding hydrogens is 510 g/mol. The van der Waals surface area contributed by atoms with Crippen molar-refractivity contribution in [2.75, 3.05) is 26.7 Å². The SMILES string of the molecule is C.CC(C)C(CCN1CCC(c2nc(Cc3ccccc3)no2)CC1)c1ccccc1.COC1(C(C)=O)CCCC1. The molecule has 0 radical (unpaired) electrons. The molecule has 1 saturated carbocycles. The molecule has 0 amide bonds. The van der Waals surface area contributed by atoms with Crippen molar-refractivity contribution in [2.24, 2.45) is 5.92 Å². The minimum Gasteiger partial charge on any atom is -0.370 e. The fraction of sp³-hybridized carbons (Fsp3) is 0.571. The van der Waals surface area contributed by atoms with E-state index in [9.17, 15) is 4.79 Å². The molecule has 0 spiro atoms. The number of carbonyl (C=O) groups is 1. The van der Waals surface area contributed by atoms with Gasteiger partial charge in [-0.1, -0.05) is 87.1 Å². The molecule has 3 aromatic rings. The Morgan fingerprint density at radius 1 is 1.02 bits per heavy atom. The van der Waals surface area contributed by atoms with Crippen molar-refractivity contribution < 1.29 is 14.1 Å². The Hall–Kier alpha value is -2.83. The highest BCUT2D eigenvalue weighted by molar-refractivity contribution is 5.85. The van der Waals surface area contributed by atoms with Gasteiger partial charge in [0.15, 0.2) is 11.6 Å². The number of benzene rings is 2. The van der Waals surface area contributed by atoms with Crippen LogP contribution < -0.4 is 0 Å². The minimum atomic E-state index is -0.403. The number of piperidine rings is 1. The first kappa shape index (κ1) is 32.7. The van der Waals surface area contributed by atoms with E-state index in [1.165, 1.54) is 17.5 Å². The average molecular weight is 562 g/mol. The molecule has 2 aliphatic rings. The van der Waals surface area contributed by atoms with Gasteiger partial charge in [-0.25, -0.2) is 0 Å². The number of carbonyl (C=O) groups excluding carboxylic acids is 1. The van der Waals surface area contributed by atoms with Crippen molar-refractivity contribution in [3.63, 3.8) is 0 Å². The molecule has 1 atom stereocenters. The first-order valence-corrected chi connectivity index (χ1v) is 15.1. The van der Waals surface area contributed by atoms with Gasteiger partial charge in [-0.2, -0.15) is 4.98 Å². The van der Waals surface area contributed by atoms with Gasteiger partial charge in [-0.15, -0.1) is 0 Å². The fourth-order valence-electron chi connectivity index (χ4n) is 6.24. The van der Waals surface area contributed by atoms with Crippen LogP contribution in [0.3, 0.4) is 0 Å². The van der Waals surface area contributed by atoms with Crippen LogP contribution in [0.2, 0.25) is 0 Å². The zero-order valence-electron chi connectivity index (χ0n) is 24.9. The molecule has 2 heterocycles. The van der Waals surface area contributed by atoms with E-state index in [2.05, 4.69) is 66.4 Å². The summed E-state index contributed by atoms with van der Waals surface area (Å²) in [5, 5.41) is 4.22. The van der Waals surface area contributed by atoms with Crippen molar-refractivity contribution in [1.82, 2.24) is 15.0 Å². The zero-order chi connectivity index (χ0) is 28.4. The topological polar surface area (TPSA) is 68.5 Å². The van der Waals surface area contributed by atoms with Gasteiger partial charge in [0.1, 0.15) is 5.60 Å². The molecule has 1 aliphatic carbocycles. The Morgan fingerprint density at radius 3 is 2.17 bits per heavy atom. The third-order valence-corrected chi connectivity index (χ3v) is 8.86. The maximum Gasteiger partial charge on any atom is 0.229 e. The summed E-state index contributed by atoms with van der Waals surface area (Å²) in [4.78, 5) is 18.4. The third kappa shape index (κ3) is 9.08. The van der Waals surface area contributed by atoms with Crippen LogP contribution >= 0.6 is 0 Å². The van der Waals surface area contributed by atoms with Crippen LogP contribution in [-0.4, -0.2) is 53.2 Å². The average Bonchev–Trinajstić information content (AvgIpc) is 3.66. The third-order valence-electron chi connectivity index (χ3n) is 8.86. The van der Waals surface area contributed by atoms with Crippen LogP contribution in [-0.2, 0) is 16.0 Å². The largest absolute Gasteiger partial charge is 0.370 e. The second-order valence-corrected chi connectivity index (χ2v) is 11.8. The van der Waals surface area contributed by atoms with Crippen molar-refractivity contribution in [2.45, 2.75) is 97.0 Å². The van der Waals surface area contributed by atoms with Crippen molar-refractivity contribution in [3.8, 4) is 0 Å². The number of likely N-dealkylation sites (tertiary alicyclic amines) is 1. The lowest BCUT2D eigenvalue weighted by atomic mass is 9.85. The van der Waals surface area contributed by atoms with Gasteiger partial charge in [-0.05, 0) is 94.5 Å². The van der Waals surface area contributed by atoms with Gasteiger partial charge < -0.3 is 14.2 Å². The van der Waals surface area contributed by atoms with E-state index in [0.717, 1.165) is 76.3 Å². The summed E-state index contributed by atoms with van der Waals surface area (Å²) in [5.41, 5.74) is 2.29. The summed E-state index contributed by atoms with van der Waals surface area (Å²) in [6.45, 7) is 9.68. The molecule has 1 aromatic heterocycles. The summed E-state index contributed by atoms with van der Waals surface area (Å²) >= 11 is 0. The Morgan fingerprint density at radius 2 is 1.63 bits per heavy atom. The molecule has 0 bridgehead atoms. The summed E-state index contributed by atoms with van der Waals surface area (Å²) in [6.07, 6.45) is 8.25. The van der Waals surface area contributed by atoms with Crippen LogP contribution in [0.1, 0.15) is 108 Å². The molecule has 2 fully saturated rings. The van der Waals surface area contributed by atoms with Crippen LogP contribution in [0.15, 0.2) is 65.2 Å². The lowest BCUT2D eigenvalue weighted by Gasteiger charge is -2.32. The van der Waals surface area contributed by atoms with Crippen LogP contribution in [0.25, 0.3) is 0 Å². The van der Waals surface area contributed by atoms with E-state index in [-0.39, 0.29) is 13.2 Å². The van der Waals surface area contributed by atoms with Gasteiger partial charge in [0.05, 0.1) is 0 Å². The van der Waals surface area contributed by atoms with E-state index in [0.29, 0.717) is 17.8 Å². The monoisotopic (exact) mass is 561 g/mol. The molecule has 2 aromatic carbocycles. The number of aromatic nitrogens is 2. The first-order valence-electron chi connectivity index (χ1n) is 15.1. The Kier molecular flexibility index (Phi) is 12.7. The Bertz CT molecular complexity index is 1150. The van der Waals surface area contributed by atoms with Crippen molar-refractivity contribution >= 4 is 5.78 Å². The number of ketones is 1.